The van der Waals surface area contributed by atoms with Crippen LogP contribution in [0.25, 0.3) is 11.5 Å². The number of aromatic nitrogens is 2. The van der Waals surface area contributed by atoms with E-state index in [0.717, 1.165) is 5.56 Å². The SMILES string of the molecule is COc1ccc(-c2nnc(COC(=O)c3ccc(C)c(S(=O)(=O)Nc4cccc(C)c4)c3)o2)cc1. The maximum absolute atomic E-state index is 13.0. The molecule has 0 unspecified atom stereocenters. The van der Waals surface area contributed by atoms with Crippen molar-refractivity contribution in [2.75, 3.05) is 11.8 Å². The Balaban J connectivity index is 1.46. The van der Waals surface area contributed by atoms with Gasteiger partial charge in [0, 0.05) is 11.3 Å². The van der Waals surface area contributed by atoms with Crippen molar-refractivity contribution in [3.63, 3.8) is 0 Å². The highest BCUT2D eigenvalue weighted by molar-refractivity contribution is 7.92. The summed E-state index contributed by atoms with van der Waals surface area (Å²) in [6.07, 6.45) is 0. The molecule has 0 aliphatic rings. The molecular weight excluding hydrogens is 470 g/mol. The molecule has 0 atom stereocenters. The van der Waals surface area contributed by atoms with Gasteiger partial charge in [-0.25, -0.2) is 13.2 Å². The maximum Gasteiger partial charge on any atom is 0.338 e. The summed E-state index contributed by atoms with van der Waals surface area (Å²) < 4.78 is 44.4. The van der Waals surface area contributed by atoms with Crippen LogP contribution in [0.2, 0.25) is 0 Å². The Morgan fingerprint density at radius 3 is 2.49 bits per heavy atom. The van der Waals surface area contributed by atoms with E-state index in [4.69, 9.17) is 13.9 Å². The first-order valence-electron chi connectivity index (χ1n) is 10.6. The van der Waals surface area contributed by atoms with Crippen LogP contribution in [-0.4, -0.2) is 31.7 Å². The molecule has 1 heterocycles. The molecule has 9 nitrogen and oxygen atoms in total. The highest BCUT2D eigenvalue weighted by Crippen LogP contribution is 2.23. The van der Waals surface area contributed by atoms with Crippen molar-refractivity contribution in [2.45, 2.75) is 25.3 Å². The van der Waals surface area contributed by atoms with Gasteiger partial charge in [-0.05, 0) is 73.5 Å². The molecule has 1 aromatic heterocycles. The van der Waals surface area contributed by atoms with Gasteiger partial charge in [0.25, 0.3) is 15.9 Å². The van der Waals surface area contributed by atoms with Crippen LogP contribution in [0, 0.1) is 13.8 Å². The summed E-state index contributed by atoms with van der Waals surface area (Å²) in [6, 6.07) is 18.4. The molecule has 3 aromatic carbocycles. The number of hydrogen-bond acceptors (Lipinski definition) is 8. The summed E-state index contributed by atoms with van der Waals surface area (Å²) >= 11 is 0. The maximum atomic E-state index is 13.0. The van der Waals surface area contributed by atoms with Crippen LogP contribution in [0.5, 0.6) is 5.75 Å². The summed E-state index contributed by atoms with van der Waals surface area (Å²) in [5.74, 6) is 0.340. The molecule has 0 aliphatic carbocycles. The second kappa shape index (κ2) is 9.98. The van der Waals surface area contributed by atoms with E-state index >= 15 is 0 Å². The molecule has 4 aromatic rings. The first-order valence-corrected chi connectivity index (χ1v) is 12.1. The van der Waals surface area contributed by atoms with E-state index in [-0.39, 0.29) is 28.8 Å². The molecule has 4 rings (SSSR count). The number of nitrogens with zero attached hydrogens (tertiary/aromatic N) is 2. The van der Waals surface area contributed by atoms with Crippen LogP contribution >= 0.6 is 0 Å². The number of sulfonamides is 1. The molecule has 0 amide bonds. The Hall–Kier alpha value is -4.18. The molecule has 1 N–H and O–H groups in total. The lowest BCUT2D eigenvalue weighted by molar-refractivity contribution is 0.0438. The third kappa shape index (κ3) is 5.67. The van der Waals surface area contributed by atoms with Gasteiger partial charge in [0.2, 0.25) is 5.89 Å². The quantitative estimate of drug-likeness (QED) is 0.356. The first kappa shape index (κ1) is 24.0. The average Bonchev–Trinajstić information content (AvgIpc) is 3.31. The van der Waals surface area contributed by atoms with Crippen molar-refractivity contribution in [1.29, 1.82) is 0 Å². The number of benzene rings is 3. The second-order valence-corrected chi connectivity index (χ2v) is 9.41. The minimum Gasteiger partial charge on any atom is -0.497 e. The number of rotatable bonds is 8. The van der Waals surface area contributed by atoms with E-state index in [1.165, 1.54) is 12.1 Å². The lowest BCUT2D eigenvalue weighted by Crippen LogP contribution is -2.15. The molecule has 35 heavy (non-hydrogen) atoms. The number of hydrogen-bond donors (Lipinski definition) is 1. The highest BCUT2D eigenvalue weighted by atomic mass is 32.2. The summed E-state index contributed by atoms with van der Waals surface area (Å²) in [4.78, 5) is 12.6. The normalized spacial score (nSPS) is 11.2. The number of nitrogens with one attached hydrogen (secondary N) is 1. The minimum atomic E-state index is -3.92. The largest absolute Gasteiger partial charge is 0.497 e. The van der Waals surface area contributed by atoms with Gasteiger partial charge in [-0.3, -0.25) is 4.72 Å². The van der Waals surface area contributed by atoms with Crippen molar-refractivity contribution >= 4 is 21.7 Å². The summed E-state index contributed by atoms with van der Waals surface area (Å²) in [5, 5.41) is 7.85. The monoisotopic (exact) mass is 493 g/mol. The second-order valence-electron chi connectivity index (χ2n) is 7.76. The fourth-order valence-corrected chi connectivity index (χ4v) is 4.63. The minimum absolute atomic E-state index is 0.0203. The number of aryl methyl sites for hydroxylation is 2. The lowest BCUT2D eigenvalue weighted by Gasteiger charge is -2.12. The smallest absolute Gasteiger partial charge is 0.338 e. The predicted molar refractivity (Wildman–Crippen MR) is 129 cm³/mol. The summed E-state index contributed by atoms with van der Waals surface area (Å²) in [7, 11) is -2.35. The van der Waals surface area contributed by atoms with E-state index in [2.05, 4.69) is 14.9 Å². The number of esters is 1. The Labute approximate surface area is 202 Å². The zero-order valence-corrected chi connectivity index (χ0v) is 20.1. The van der Waals surface area contributed by atoms with Crippen molar-refractivity contribution in [1.82, 2.24) is 10.2 Å². The molecule has 180 valence electrons. The standard InChI is InChI=1S/C25H23N3O6S/c1-16-5-4-6-20(13-16)28-35(30,31)22-14-19(8-7-17(22)2)25(29)33-15-23-26-27-24(34-23)18-9-11-21(32-3)12-10-18/h4-14,28H,15H2,1-3H3. The van der Waals surface area contributed by atoms with E-state index in [9.17, 15) is 13.2 Å². The van der Waals surface area contributed by atoms with Gasteiger partial charge >= 0.3 is 5.97 Å². The van der Waals surface area contributed by atoms with Crippen LogP contribution in [0.4, 0.5) is 5.69 Å². The Morgan fingerprint density at radius 1 is 1.00 bits per heavy atom. The predicted octanol–water partition coefficient (Wildman–Crippen LogP) is 4.52. The van der Waals surface area contributed by atoms with E-state index < -0.39 is 16.0 Å². The third-order valence-electron chi connectivity index (χ3n) is 5.11. The van der Waals surface area contributed by atoms with Gasteiger partial charge in [0.05, 0.1) is 17.6 Å². The Bertz CT molecular complexity index is 1460. The molecule has 0 spiro atoms. The molecule has 0 radical (unpaired) electrons. The molecule has 0 aliphatic heterocycles. The number of anilines is 1. The van der Waals surface area contributed by atoms with Crippen molar-refractivity contribution in [3.8, 4) is 17.2 Å². The van der Waals surface area contributed by atoms with Gasteiger partial charge < -0.3 is 13.9 Å². The molecule has 0 fully saturated rings. The van der Waals surface area contributed by atoms with Gasteiger partial charge in [-0.15, -0.1) is 10.2 Å². The first-order chi connectivity index (χ1) is 16.7. The van der Waals surface area contributed by atoms with Crippen molar-refractivity contribution < 1.29 is 27.1 Å². The third-order valence-corrected chi connectivity index (χ3v) is 6.64. The lowest BCUT2D eigenvalue weighted by atomic mass is 10.1. The van der Waals surface area contributed by atoms with Crippen LogP contribution in [-0.2, 0) is 21.4 Å². The van der Waals surface area contributed by atoms with Gasteiger partial charge in [-0.2, -0.15) is 0 Å². The van der Waals surface area contributed by atoms with E-state index in [0.29, 0.717) is 22.6 Å². The van der Waals surface area contributed by atoms with Crippen molar-refractivity contribution in [2.24, 2.45) is 0 Å². The van der Waals surface area contributed by atoms with Gasteiger partial charge in [-0.1, -0.05) is 18.2 Å². The van der Waals surface area contributed by atoms with Crippen LogP contribution in [0.15, 0.2) is 76.0 Å². The number of ether oxygens (including phenoxy) is 2. The molecule has 0 saturated heterocycles. The van der Waals surface area contributed by atoms with Crippen LogP contribution in [0.3, 0.4) is 0 Å². The van der Waals surface area contributed by atoms with Crippen molar-refractivity contribution in [3.05, 3.63) is 89.3 Å². The van der Waals surface area contributed by atoms with Gasteiger partial charge in [0.15, 0.2) is 6.61 Å². The average molecular weight is 494 g/mol. The van der Waals surface area contributed by atoms with Crippen LogP contribution < -0.4 is 9.46 Å². The summed E-state index contributed by atoms with van der Waals surface area (Å²) in [5.41, 5.74) is 2.60. The Kier molecular flexibility index (Phi) is 6.83. The molecule has 10 heteroatoms. The molecular formula is C25H23N3O6S. The Morgan fingerprint density at radius 2 is 1.77 bits per heavy atom. The van der Waals surface area contributed by atoms with E-state index in [1.807, 2.05) is 13.0 Å². The summed E-state index contributed by atoms with van der Waals surface area (Å²) in [6.45, 7) is 3.25. The fraction of sp³-hybridized carbons (Fsp3) is 0.160. The highest BCUT2D eigenvalue weighted by Gasteiger charge is 2.20. The zero-order valence-electron chi connectivity index (χ0n) is 19.3. The number of methoxy groups -OCH3 is 1. The number of carbonyl (C=O) groups is 1. The van der Waals surface area contributed by atoms with Crippen LogP contribution in [0.1, 0.15) is 27.4 Å². The molecule has 0 bridgehead atoms. The fourth-order valence-electron chi connectivity index (χ4n) is 3.31. The molecule has 0 saturated carbocycles. The zero-order chi connectivity index (χ0) is 25.0. The topological polar surface area (TPSA) is 121 Å². The number of carbonyl (C=O) groups excluding carboxylic acids is 1. The van der Waals surface area contributed by atoms with E-state index in [1.54, 1.807) is 62.6 Å². The van der Waals surface area contributed by atoms with Gasteiger partial charge in [0.1, 0.15) is 5.75 Å².